The number of para-hydroxylation sites is 1. The summed E-state index contributed by atoms with van der Waals surface area (Å²) in [5, 5.41) is 5.34. The molecule has 6 nitrogen and oxygen atoms in total. The van der Waals surface area contributed by atoms with Gasteiger partial charge in [0.25, 0.3) is 0 Å². The molecular weight excluding hydrogens is 357 g/mol. The molecule has 0 fully saturated rings. The fourth-order valence-corrected chi connectivity index (χ4v) is 3.87. The lowest BCUT2D eigenvalue weighted by Gasteiger charge is -2.18. The summed E-state index contributed by atoms with van der Waals surface area (Å²) in [5.74, 6) is -0.807. The van der Waals surface area contributed by atoms with Crippen LogP contribution >= 0.6 is 0 Å². The highest BCUT2D eigenvalue weighted by molar-refractivity contribution is 7.89. The third-order valence-corrected chi connectivity index (χ3v) is 5.86. The molecular formula is C18H22FN3O3S. The number of nitrogens with zero attached hydrogens (tertiary/aromatic N) is 1. The summed E-state index contributed by atoms with van der Waals surface area (Å²) in [4.78, 5) is 12.1. The molecule has 0 saturated heterocycles. The summed E-state index contributed by atoms with van der Waals surface area (Å²) in [7, 11) is -3.53. The van der Waals surface area contributed by atoms with E-state index in [-0.39, 0.29) is 23.0 Å². The minimum Gasteiger partial charge on any atom is -0.374 e. The third-order valence-electron chi connectivity index (χ3n) is 3.79. The van der Waals surface area contributed by atoms with Crippen molar-refractivity contribution < 1.29 is 17.6 Å². The molecule has 140 valence electrons. The predicted molar refractivity (Wildman–Crippen MR) is 100 cm³/mol. The van der Waals surface area contributed by atoms with E-state index >= 15 is 0 Å². The van der Waals surface area contributed by atoms with Crippen LogP contribution in [0.4, 0.5) is 15.8 Å². The molecule has 0 spiro atoms. The smallest absolute Gasteiger partial charge is 0.243 e. The second kappa shape index (κ2) is 8.77. The van der Waals surface area contributed by atoms with Crippen molar-refractivity contribution in [2.45, 2.75) is 18.7 Å². The van der Waals surface area contributed by atoms with Crippen molar-refractivity contribution in [2.24, 2.45) is 0 Å². The van der Waals surface area contributed by atoms with Crippen LogP contribution in [0.15, 0.2) is 53.4 Å². The van der Waals surface area contributed by atoms with E-state index in [0.29, 0.717) is 18.8 Å². The summed E-state index contributed by atoms with van der Waals surface area (Å²) in [5.41, 5.74) is 0.701. The summed E-state index contributed by atoms with van der Waals surface area (Å²) in [6, 6.07) is 12.0. The number of rotatable bonds is 8. The Morgan fingerprint density at radius 3 is 2.23 bits per heavy atom. The number of amides is 1. The van der Waals surface area contributed by atoms with E-state index in [9.17, 15) is 17.6 Å². The minimum absolute atomic E-state index is 0.111. The van der Waals surface area contributed by atoms with Crippen LogP contribution in [0.5, 0.6) is 0 Å². The van der Waals surface area contributed by atoms with Gasteiger partial charge in [0.2, 0.25) is 15.9 Å². The number of hydrogen-bond donors (Lipinski definition) is 2. The van der Waals surface area contributed by atoms with Gasteiger partial charge < -0.3 is 10.6 Å². The zero-order valence-corrected chi connectivity index (χ0v) is 15.5. The molecule has 2 aromatic rings. The molecule has 2 rings (SSSR count). The van der Waals surface area contributed by atoms with Crippen molar-refractivity contribution in [3.8, 4) is 0 Å². The van der Waals surface area contributed by atoms with Gasteiger partial charge in [0.15, 0.2) is 0 Å². The standard InChI is InChI=1S/C18H22FN3O3S/c1-3-22(4-2)26(24,25)15-11-9-14(10-12-15)21-18(23)13-20-17-8-6-5-7-16(17)19/h5-12,20H,3-4,13H2,1-2H3,(H,21,23). The molecule has 2 aromatic carbocycles. The highest BCUT2D eigenvalue weighted by atomic mass is 32.2. The Balaban J connectivity index is 1.98. The number of carbonyl (C=O) groups is 1. The lowest BCUT2D eigenvalue weighted by molar-refractivity contribution is -0.114. The van der Waals surface area contributed by atoms with Gasteiger partial charge in [-0.25, -0.2) is 12.8 Å². The quantitative estimate of drug-likeness (QED) is 0.739. The van der Waals surface area contributed by atoms with Crippen molar-refractivity contribution in [2.75, 3.05) is 30.3 Å². The fourth-order valence-electron chi connectivity index (χ4n) is 2.41. The van der Waals surface area contributed by atoms with Gasteiger partial charge >= 0.3 is 0 Å². The Morgan fingerprint density at radius 1 is 1.04 bits per heavy atom. The Kier molecular flexibility index (Phi) is 6.70. The molecule has 0 aromatic heterocycles. The molecule has 0 radical (unpaired) electrons. The largest absolute Gasteiger partial charge is 0.374 e. The number of hydrogen-bond acceptors (Lipinski definition) is 4. The van der Waals surface area contributed by atoms with Gasteiger partial charge in [-0.3, -0.25) is 4.79 Å². The number of benzene rings is 2. The third kappa shape index (κ3) is 4.80. The SMILES string of the molecule is CCN(CC)S(=O)(=O)c1ccc(NC(=O)CNc2ccccc2F)cc1. The predicted octanol–water partition coefficient (Wildman–Crippen LogP) is 2.91. The number of halogens is 1. The first-order valence-corrected chi connectivity index (χ1v) is 9.71. The summed E-state index contributed by atoms with van der Waals surface area (Å²) < 4.78 is 39.7. The van der Waals surface area contributed by atoms with Gasteiger partial charge in [0, 0.05) is 18.8 Å². The van der Waals surface area contributed by atoms with E-state index in [1.54, 1.807) is 26.0 Å². The second-order valence-electron chi connectivity index (χ2n) is 5.50. The van der Waals surface area contributed by atoms with Gasteiger partial charge in [-0.05, 0) is 36.4 Å². The lowest BCUT2D eigenvalue weighted by atomic mass is 10.3. The van der Waals surface area contributed by atoms with E-state index < -0.39 is 15.8 Å². The summed E-state index contributed by atoms with van der Waals surface area (Å²) >= 11 is 0. The Morgan fingerprint density at radius 2 is 1.65 bits per heavy atom. The van der Waals surface area contributed by atoms with Crippen LogP contribution < -0.4 is 10.6 Å². The van der Waals surface area contributed by atoms with Crippen LogP contribution in [0.1, 0.15) is 13.8 Å². The molecule has 2 N–H and O–H groups in total. The topological polar surface area (TPSA) is 78.5 Å². The van der Waals surface area contributed by atoms with Crippen molar-refractivity contribution >= 4 is 27.3 Å². The number of nitrogens with one attached hydrogen (secondary N) is 2. The molecule has 0 bridgehead atoms. The maximum atomic E-state index is 13.5. The Hall–Kier alpha value is -2.45. The molecule has 0 unspecified atom stereocenters. The van der Waals surface area contributed by atoms with Gasteiger partial charge in [0.05, 0.1) is 17.1 Å². The van der Waals surface area contributed by atoms with E-state index in [1.165, 1.54) is 40.7 Å². The molecule has 0 saturated carbocycles. The zero-order valence-electron chi connectivity index (χ0n) is 14.7. The first-order valence-electron chi connectivity index (χ1n) is 8.27. The molecule has 0 aliphatic rings. The average molecular weight is 379 g/mol. The fraction of sp³-hybridized carbons (Fsp3) is 0.278. The van der Waals surface area contributed by atoms with Crippen molar-refractivity contribution in [1.82, 2.24) is 4.31 Å². The van der Waals surface area contributed by atoms with Crippen LogP contribution in [0.25, 0.3) is 0 Å². The highest BCUT2D eigenvalue weighted by Crippen LogP contribution is 2.18. The lowest BCUT2D eigenvalue weighted by Crippen LogP contribution is -2.30. The molecule has 26 heavy (non-hydrogen) atoms. The minimum atomic E-state index is -3.53. The normalized spacial score (nSPS) is 11.4. The Labute approximate surface area is 153 Å². The van der Waals surface area contributed by atoms with Crippen LogP contribution in [-0.2, 0) is 14.8 Å². The summed E-state index contributed by atoms with van der Waals surface area (Å²) in [6.07, 6.45) is 0. The van der Waals surface area contributed by atoms with E-state index in [1.807, 2.05) is 0 Å². The molecule has 0 aliphatic carbocycles. The van der Waals surface area contributed by atoms with Crippen LogP contribution in [0.3, 0.4) is 0 Å². The second-order valence-corrected chi connectivity index (χ2v) is 7.43. The van der Waals surface area contributed by atoms with E-state index in [0.717, 1.165) is 0 Å². The van der Waals surface area contributed by atoms with Crippen LogP contribution in [-0.4, -0.2) is 38.3 Å². The van der Waals surface area contributed by atoms with Gasteiger partial charge in [-0.15, -0.1) is 0 Å². The van der Waals surface area contributed by atoms with Crippen molar-refractivity contribution in [1.29, 1.82) is 0 Å². The molecule has 0 aliphatic heterocycles. The Bertz CT molecular complexity index is 850. The summed E-state index contributed by atoms with van der Waals surface area (Å²) in [6.45, 7) is 4.22. The molecule has 0 heterocycles. The van der Waals surface area contributed by atoms with Crippen LogP contribution in [0, 0.1) is 5.82 Å². The highest BCUT2D eigenvalue weighted by Gasteiger charge is 2.21. The number of sulfonamides is 1. The van der Waals surface area contributed by atoms with Crippen molar-refractivity contribution in [3.63, 3.8) is 0 Å². The zero-order chi connectivity index (χ0) is 19.2. The monoisotopic (exact) mass is 379 g/mol. The first kappa shape index (κ1) is 19.9. The van der Waals surface area contributed by atoms with Crippen molar-refractivity contribution in [3.05, 3.63) is 54.3 Å². The van der Waals surface area contributed by atoms with Gasteiger partial charge in [-0.1, -0.05) is 26.0 Å². The first-order chi connectivity index (χ1) is 12.4. The van der Waals surface area contributed by atoms with E-state index in [4.69, 9.17) is 0 Å². The molecule has 8 heteroatoms. The maximum absolute atomic E-state index is 13.5. The average Bonchev–Trinajstić information content (AvgIpc) is 2.62. The number of carbonyl (C=O) groups excluding carboxylic acids is 1. The molecule has 1 amide bonds. The van der Waals surface area contributed by atoms with Gasteiger partial charge in [-0.2, -0.15) is 4.31 Å². The molecule has 0 atom stereocenters. The van der Waals surface area contributed by atoms with Gasteiger partial charge in [0.1, 0.15) is 5.82 Å². The van der Waals surface area contributed by atoms with Crippen LogP contribution in [0.2, 0.25) is 0 Å². The van der Waals surface area contributed by atoms with E-state index in [2.05, 4.69) is 10.6 Å². The number of anilines is 2. The maximum Gasteiger partial charge on any atom is 0.243 e.